The molecule has 2 saturated carbocycles. The summed E-state index contributed by atoms with van der Waals surface area (Å²) in [6, 6.07) is 2.51. The van der Waals surface area contributed by atoms with Gasteiger partial charge in [-0.25, -0.2) is 4.79 Å². The Morgan fingerprint density at radius 2 is 2.00 bits per heavy atom. The second kappa shape index (κ2) is 7.88. The van der Waals surface area contributed by atoms with Crippen LogP contribution in [-0.4, -0.2) is 58.8 Å². The van der Waals surface area contributed by atoms with Gasteiger partial charge in [0.15, 0.2) is 0 Å². The van der Waals surface area contributed by atoms with Gasteiger partial charge in [0.2, 0.25) is 5.95 Å². The number of hydrogen-bond donors (Lipinski definition) is 2. The van der Waals surface area contributed by atoms with Crippen LogP contribution in [0.15, 0.2) is 6.07 Å². The summed E-state index contributed by atoms with van der Waals surface area (Å²) in [4.78, 5) is 25.3. The first kappa shape index (κ1) is 20.0. The van der Waals surface area contributed by atoms with Crippen LogP contribution in [-0.2, 0) is 4.74 Å². The topological polar surface area (TPSA) is 96.6 Å². The molecule has 0 aromatic carbocycles. The zero-order valence-electron chi connectivity index (χ0n) is 17.9. The van der Waals surface area contributed by atoms with Gasteiger partial charge in [-0.2, -0.15) is 9.97 Å². The molecule has 2 heterocycles. The average molecular weight is 403 g/mol. The van der Waals surface area contributed by atoms with Gasteiger partial charge in [-0.15, -0.1) is 0 Å². The van der Waals surface area contributed by atoms with Crippen molar-refractivity contribution in [3.63, 3.8) is 0 Å². The third-order valence-electron chi connectivity index (χ3n) is 6.27. The molecule has 3 atom stereocenters. The normalized spacial score (nSPS) is 27.1. The molecule has 160 valence electrons. The summed E-state index contributed by atoms with van der Waals surface area (Å²) in [6.45, 7) is 8.49. The largest absolute Gasteiger partial charge is 0.444 e. The highest BCUT2D eigenvalue weighted by atomic mass is 16.6. The highest BCUT2D eigenvalue weighted by Gasteiger charge is 2.39. The van der Waals surface area contributed by atoms with Crippen LogP contribution in [0.25, 0.3) is 0 Å². The predicted octanol–water partition coefficient (Wildman–Crippen LogP) is 3.11. The Labute approximate surface area is 173 Å². The lowest BCUT2D eigenvalue weighted by atomic mass is 9.95. The fourth-order valence-corrected chi connectivity index (χ4v) is 4.96. The van der Waals surface area contributed by atoms with Crippen LogP contribution < -0.4 is 16.0 Å². The fourth-order valence-electron chi connectivity index (χ4n) is 4.96. The quantitative estimate of drug-likeness (QED) is 0.802. The zero-order chi connectivity index (χ0) is 20.6. The predicted molar refractivity (Wildman–Crippen MR) is 114 cm³/mol. The van der Waals surface area contributed by atoms with E-state index in [4.69, 9.17) is 10.5 Å². The Kier molecular flexibility index (Phi) is 5.44. The molecular formula is C21H34N6O2. The van der Waals surface area contributed by atoms with Crippen LogP contribution in [0, 0.1) is 11.8 Å². The second-order valence-corrected chi connectivity index (χ2v) is 9.70. The third kappa shape index (κ3) is 4.85. The maximum atomic E-state index is 12.4. The first-order valence-electron chi connectivity index (χ1n) is 10.9. The fraction of sp³-hybridized carbons (Fsp3) is 0.762. The zero-order valence-corrected chi connectivity index (χ0v) is 17.9. The smallest absolute Gasteiger partial charge is 0.410 e. The van der Waals surface area contributed by atoms with E-state index in [1.165, 1.54) is 25.7 Å². The Balaban J connectivity index is 1.40. The summed E-state index contributed by atoms with van der Waals surface area (Å²) in [5.41, 5.74) is 5.55. The van der Waals surface area contributed by atoms with Crippen molar-refractivity contribution in [2.24, 2.45) is 11.8 Å². The number of carbonyl (C=O) groups excluding carboxylic acids is 1. The van der Waals surface area contributed by atoms with Crippen LogP contribution >= 0.6 is 0 Å². The molecule has 2 aliphatic carbocycles. The number of ether oxygens (including phenoxy) is 1. The van der Waals surface area contributed by atoms with Crippen molar-refractivity contribution in [2.75, 3.05) is 42.1 Å². The van der Waals surface area contributed by atoms with Crippen molar-refractivity contribution < 1.29 is 9.53 Å². The molecule has 8 nitrogen and oxygen atoms in total. The summed E-state index contributed by atoms with van der Waals surface area (Å²) in [5, 5.41) is 3.62. The number of nitrogens with two attached hydrogens (primary N) is 1. The Bertz CT molecular complexity index is 749. The van der Waals surface area contributed by atoms with Gasteiger partial charge in [-0.3, -0.25) is 0 Å². The van der Waals surface area contributed by atoms with E-state index in [2.05, 4.69) is 20.2 Å². The number of rotatable bonds is 3. The standard InChI is InChI=1S/C21H34N6O2/c1-21(2,3)29-20(28)27-8-4-7-26(9-10-27)18-13-17(24-19(22)25-18)23-16-12-14-5-6-15(16)11-14/h13-16H,4-12H2,1-3H3,(H3,22,23,24,25)/t14-,15+,16+/m0/s1. The van der Waals surface area contributed by atoms with Gasteiger partial charge in [0, 0.05) is 38.3 Å². The van der Waals surface area contributed by atoms with Crippen LogP contribution in [0.2, 0.25) is 0 Å². The minimum absolute atomic E-state index is 0.250. The number of fused-ring (bicyclic) bond motifs is 2. The number of nitrogens with zero attached hydrogens (tertiary/aromatic N) is 4. The lowest BCUT2D eigenvalue weighted by Crippen LogP contribution is -2.39. The maximum Gasteiger partial charge on any atom is 0.410 e. The molecule has 1 aromatic heterocycles. The van der Waals surface area contributed by atoms with E-state index in [9.17, 15) is 4.79 Å². The van der Waals surface area contributed by atoms with Gasteiger partial charge in [-0.05, 0) is 58.3 Å². The number of nitrogens with one attached hydrogen (secondary N) is 1. The molecule has 0 spiro atoms. The second-order valence-electron chi connectivity index (χ2n) is 9.70. The van der Waals surface area contributed by atoms with E-state index in [-0.39, 0.29) is 6.09 Å². The van der Waals surface area contributed by atoms with Crippen molar-refractivity contribution in [1.82, 2.24) is 14.9 Å². The summed E-state index contributed by atoms with van der Waals surface area (Å²) >= 11 is 0. The number of nitrogen functional groups attached to an aromatic ring is 1. The minimum atomic E-state index is -0.482. The van der Waals surface area contributed by atoms with Crippen LogP contribution in [0.1, 0.15) is 52.9 Å². The number of hydrogen-bond acceptors (Lipinski definition) is 7. The van der Waals surface area contributed by atoms with Crippen LogP contribution in [0.3, 0.4) is 0 Å². The molecular weight excluding hydrogens is 368 g/mol. The molecule has 2 bridgehead atoms. The molecule has 0 radical (unpaired) electrons. The summed E-state index contributed by atoms with van der Waals surface area (Å²) < 4.78 is 5.52. The first-order chi connectivity index (χ1) is 13.8. The Morgan fingerprint density at radius 1 is 1.17 bits per heavy atom. The van der Waals surface area contributed by atoms with E-state index in [1.54, 1.807) is 4.90 Å². The number of aromatic nitrogens is 2. The average Bonchev–Trinajstić information content (AvgIpc) is 3.14. The summed E-state index contributed by atoms with van der Waals surface area (Å²) in [7, 11) is 0. The molecule has 3 N–H and O–H groups in total. The van der Waals surface area contributed by atoms with Gasteiger partial charge < -0.3 is 25.6 Å². The lowest BCUT2D eigenvalue weighted by molar-refractivity contribution is 0.0263. The van der Waals surface area contributed by atoms with Crippen molar-refractivity contribution in [3.8, 4) is 0 Å². The molecule has 3 aliphatic rings. The number of anilines is 3. The van der Waals surface area contributed by atoms with Gasteiger partial charge in [0.05, 0.1) is 0 Å². The molecule has 8 heteroatoms. The molecule has 1 aliphatic heterocycles. The highest BCUT2D eigenvalue weighted by Crippen LogP contribution is 2.45. The van der Waals surface area contributed by atoms with E-state index < -0.39 is 5.60 Å². The molecule has 1 saturated heterocycles. The number of carbonyl (C=O) groups is 1. The first-order valence-corrected chi connectivity index (χ1v) is 10.9. The van der Waals surface area contributed by atoms with Crippen LogP contribution in [0.4, 0.5) is 22.4 Å². The minimum Gasteiger partial charge on any atom is -0.444 e. The Hall–Kier alpha value is -2.25. The molecule has 1 amide bonds. The summed E-state index contributed by atoms with van der Waals surface area (Å²) in [6.07, 6.45) is 5.89. The van der Waals surface area contributed by atoms with Crippen LogP contribution in [0.5, 0.6) is 0 Å². The van der Waals surface area contributed by atoms with E-state index >= 15 is 0 Å². The molecule has 29 heavy (non-hydrogen) atoms. The van der Waals surface area contributed by atoms with Crippen molar-refractivity contribution in [2.45, 2.75) is 64.5 Å². The van der Waals surface area contributed by atoms with Crippen molar-refractivity contribution in [3.05, 3.63) is 6.07 Å². The maximum absolute atomic E-state index is 12.4. The van der Waals surface area contributed by atoms with Gasteiger partial charge in [-0.1, -0.05) is 6.42 Å². The van der Waals surface area contributed by atoms with Crippen molar-refractivity contribution in [1.29, 1.82) is 0 Å². The SMILES string of the molecule is CC(C)(C)OC(=O)N1CCCN(c2cc(N[C@@H]3C[C@H]4CC[C@@H]3C4)nc(N)n2)CC1. The highest BCUT2D eigenvalue weighted by molar-refractivity contribution is 5.68. The van der Waals surface area contributed by atoms with E-state index in [0.717, 1.165) is 36.4 Å². The molecule has 3 fully saturated rings. The molecule has 4 rings (SSSR count). The van der Waals surface area contributed by atoms with E-state index in [1.807, 2.05) is 26.8 Å². The van der Waals surface area contributed by atoms with Gasteiger partial charge >= 0.3 is 6.09 Å². The van der Waals surface area contributed by atoms with Gasteiger partial charge in [0.1, 0.15) is 17.2 Å². The van der Waals surface area contributed by atoms with E-state index in [0.29, 0.717) is 31.6 Å². The molecule has 1 aromatic rings. The summed E-state index contributed by atoms with van der Waals surface area (Å²) in [5.74, 6) is 3.58. The third-order valence-corrected chi connectivity index (χ3v) is 6.27. The van der Waals surface area contributed by atoms with Gasteiger partial charge in [0.25, 0.3) is 0 Å². The Morgan fingerprint density at radius 3 is 2.69 bits per heavy atom. The number of amides is 1. The molecule has 0 unspecified atom stereocenters. The van der Waals surface area contributed by atoms with Crippen molar-refractivity contribution >= 4 is 23.7 Å². The lowest BCUT2D eigenvalue weighted by Gasteiger charge is -2.27. The monoisotopic (exact) mass is 402 g/mol.